The first-order valence-electron chi connectivity index (χ1n) is 5.30. The summed E-state index contributed by atoms with van der Waals surface area (Å²) in [5, 5.41) is 0.0493. The molecule has 0 aliphatic rings. The molecule has 0 saturated heterocycles. The van der Waals surface area contributed by atoms with Gasteiger partial charge in [-0.25, -0.2) is 9.36 Å². The molecule has 1 aromatic heterocycles. The number of hydrogen-bond donors (Lipinski definition) is 1. The van der Waals surface area contributed by atoms with E-state index in [2.05, 4.69) is 20.9 Å². The molecule has 0 atom stereocenters. The molecule has 0 aliphatic heterocycles. The minimum atomic E-state index is -0.597. The minimum absolute atomic E-state index is 0.0493. The molecule has 2 rings (SSSR count). The summed E-state index contributed by atoms with van der Waals surface area (Å²) in [7, 11) is 1.51. The third-order valence-electron chi connectivity index (χ3n) is 2.62. The van der Waals surface area contributed by atoms with Crippen molar-refractivity contribution in [1.29, 1.82) is 0 Å². The molecule has 0 saturated carbocycles. The van der Waals surface area contributed by atoms with Crippen LogP contribution in [0.25, 0.3) is 5.69 Å². The second-order valence-corrected chi connectivity index (χ2v) is 5.15. The van der Waals surface area contributed by atoms with Crippen molar-refractivity contribution in [2.24, 2.45) is 0 Å². The predicted molar refractivity (Wildman–Crippen MR) is 76.7 cm³/mol. The van der Waals surface area contributed by atoms with Crippen LogP contribution in [-0.2, 0) is 0 Å². The van der Waals surface area contributed by atoms with E-state index in [-0.39, 0.29) is 10.7 Å². The summed E-state index contributed by atoms with van der Waals surface area (Å²) in [6, 6.07) is 4.97. The molecule has 1 heterocycles. The molecule has 0 amide bonds. The molecule has 0 bridgehead atoms. The molecule has 7 heteroatoms. The van der Waals surface area contributed by atoms with Gasteiger partial charge in [0.1, 0.15) is 10.9 Å². The molecule has 1 N–H and O–H groups in total. The number of nitrogens with zero attached hydrogens (tertiary/aromatic N) is 1. The lowest BCUT2D eigenvalue weighted by atomic mass is 10.3. The number of methoxy groups -OCH3 is 1. The van der Waals surface area contributed by atoms with E-state index in [9.17, 15) is 9.59 Å². The maximum absolute atomic E-state index is 12.1. The number of hydrogen-bond acceptors (Lipinski definition) is 3. The number of aromatic nitrogens is 2. The number of aromatic amines is 1. The molecule has 1 aromatic carbocycles. The third kappa shape index (κ3) is 2.59. The van der Waals surface area contributed by atoms with Crippen molar-refractivity contribution < 1.29 is 4.74 Å². The minimum Gasteiger partial charge on any atom is -0.497 e. The van der Waals surface area contributed by atoms with Gasteiger partial charge in [-0.3, -0.25) is 9.78 Å². The van der Waals surface area contributed by atoms with Gasteiger partial charge in [-0.1, -0.05) is 27.5 Å². The number of rotatable bonds is 2. The van der Waals surface area contributed by atoms with Crippen molar-refractivity contribution in [1.82, 2.24) is 9.55 Å². The van der Waals surface area contributed by atoms with Crippen LogP contribution < -0.4 is 16.0 Å². The average Bonchev–Trinajstić information content (AvgIpc) is 2.35. The van der Waals surface area contributed by atoms with E-state index in [0.717, 1.165) is 4.57 Å². The highest BCUT2D eigenvalue weighted by molar-refractivity contribution is 9.10. The van der Waals surface area contributed by atoms with Crippen molar-refractivity contribution in [3.8, 4) is 11.4 Å². The zero-order valence-electron chi connectivity index (χ0n) is 10.2. The SMILES string of the molecule is COc1cc(Br)cc(-n2c(=O)[nH]c(Cl)c(C)c2=O)c1. The van der Waals surface area contributed by atoms with Gasteiger partial charge in [0, 0.05) is 10.5 Å². The van der Waals surface area contributed by atoms with Gasteiger partial charge in [0.05, 0.1) is 18.4 Å². The summed E-state index contributed by atoms with van der Waals surface area (Å²) in [6.45, 7) is 1.55. The summed E-state index contributed by atoms with van der Waals surface area (Å²) in [6.07, 6.45) is 0. The van der Waals surface area contributed by atoms with Gasteiger partial charge in [-0.2, -0.15) is 0 Å². The Balaban J connectivity index is 2.80. The molecule has 19 heavy (non-hydrogen) atoms. The summed E-state index contributed by atoms with van der Waals surface area (Å²) >= 11 is 9.07. The van der Waals surface area contributed by atoms with Crippen LogP contribution in [0.15, 0.2) is 32.3 Å². The first-order valence-corrected chi connectivity index (χ1v) is 6.47. The molecule has 0 spiro atoms. The van der Waals surface area contributed by atoms with Gasteiger partial charge in [0.15, 0.2) is 0 Å². The molecule has 2 aromatic rings. The van der Waals surface area contributed by atoms with Gasteiger partial charge < -0.3 is 4.74 Å². The summed E-state index contributed by atoms with van der Waals surface area (Å²) in [4.78, 5) is 26.4. The Bertz CT molecular complexity index is 752. The number of halogens is 2. The lowest BCUT2D eigenvalue weighted by molar-refractivity contribution is 0.414. The van der Waals surface area contributed by atoms with E-state index in [4.69, 9.17) is 16.3 Å². The summed E-state index contributed by atoms with van der Waals surface area (Å²) in [5.41, 5.74) is -0.382. The standard InChI is InChI=1S/C12H10BrClN2O3/c1-6-10(14)15-12(18)16(11(6)17)8-3-7(13)4-9(5-8)19-2/h3-5H,1-2H3,(H,15,18). The van der Waals surface area contributed by atoms with Crippen LogP contribution in [-0.4, -0.2) is 16.7 Å². The molecule has 100 valence electrons. The van der Waals surface area contributed by atoms with Crippen molar-refractivity contribution in [2.45, 2.75) is 6.92 Å². The monoisotopic (exact) mass is 344 g/mol. The molecule has 0 unspecified atom stereocenters. The number of H-pyrrole nitrogens is 1. The Hall–Kier alpha value is -1.53. The highest BCUT2D eigenvalue weighted by atomic mass is 79.9. The van der Waals surface area contributed by atoms with Crippen LogP contribution in [0.1, 0.15) is 5.56 Å². The summed E-state index contributed by atoms with van der Waals surface area (Å²) in [5.74, 6) is 0.531. The second kappa shape index (κ2) is 5.22. The Kier molecular flexibility index (Phi) is 3.82. The first-order chi connectivity index (χ1) is 8.93. The van der Waals surface area contributed by atoms with E-state index in [0.29, 0.717) is 15.9 Å². The Morgan fingerprint density at radius 3 is 2.63 bits per heavy atom. The smallest absolute Gasteiger partial charge is 0.334 e. The quantitative estimate of drug-likeness (QED) is 0.849. The lowest BCUT2D eigenvalue weighted by Crippen LogP contribution is -2.35. The molecule has 0 aliphatic carbocycles. The van der Waals surface area contributed by atoms with Gasteiger partial charge in [0.2, 0.25) is 0 Å². The van der Waals surface area contributed by atoms with Gasteiger partial charge in [-0.05, 0) is 19.1 Å². The first kappa shape index (κ1) is 13.9. The fraction of sp³-hybridized carbons (Fsp3) is 0.167. The van der Waals surface area contributed by atoms with E-state index in [1.54, 1.807) is 25.1 Å². The highest BCUT2D eigenvalue weighted by Crippen LogP contribution is 2.22. The number of nitrogens with one attached hydrogen (secondary N) is 1. The van der Waals surface area contributed by atoms with Crippen LogP contribution in [0.5, 0.6) is 5.75 Å². The Morgan fingerprint density at radius 2 is 2.00 bits per heavy atom. The van der Waals surface area contributed by atoms with Crippen LogP contribution in [0.2, 0.25) is 5.15 Å². The fourth-order valence-electron chi connectivity index (χ4n) is 1.63. The fourth-order valence-corrected chi connectivity index (χ4v) is 2.25. The Morgan fingerprint density at radius 1 is 1.32 bits per heavy atom. The predicted octanol–water partition coefficient (Wildman–Crippen LogP) is 2.26. The topological polar surface area (TPSA) is 64.1 Å². The molecule has 0 radical (unpaired) electrons. The van der Waals surface area contributed by atoms with Crippen molar-refractivity contribution >= 4 is 27.5 Å². The van der Waals surface area contributed by atoms with Crippen LogP contribution in [0.4, 0.5) is 0 Å². The van der Waals surface area contributed by atoms with E-state index >= 15 is 0 Å². The van der Waals surface area contributed by atoms with E-state index in [1.165, 1.54) is 7.11 Å². The maximum Gasteiger partial charge on any atom is 0.334 e. The van der Waals surface area contributed by atoms with Crippen LogP contribution in [0.3, 0.4) is 0 Å². The van der Waals surface area contributed by atoms with Gasteiger partial charge in [0.25, 0.3) is 5.56 Å². The van der Waals surface area contributed by atoms with E-state index < -0.39 is 11.2 Å². The highest BCUT2D eigenvalue weighted by Gasteiger charge is 2.12. The number of ether oxygens (including phenoxy) is 1. The van der Waals surface area contributed by atoms with Crippen molar-refractivity contribution in [3.05, 3.63) is 54.2 Å². The normalized spacial score (nSPS) is 10.5. The lowest BCUT2D eigenvalue weighted by Gasteiger charge is -2.09. The van der Waals surface area contributed by atoms with Crippen LogP contribution in [0, 0.1) is 6.92 Å². The maximum atomic E-state index is 12.1. The number of benzene rings is 1. The molecular weight excluding hydrogens is 336 g/mol. The van der Waals surface area contributed by atoms with E-state index in [1.807, 2.05) is 0 Å². The molecule has 5 nitrogen and oxygen atoms in total. The summed E-state index contributed by atoms with van der Waals surface area (Å²) < 4.78 is 6.81. The van der Waals surface area contributed by atoms with Crippen molar-refractivity contribution in [2.75, 3.05) is 7.11 Å². The Labute approximate surface area is 121 Å². The van der Waals surface area contributed by atoms with Gasteiger partial charge in [-0.15, -0.1) is 0 Å². The largest absolute Gasteiger partial charge is 0.497 e. The second-order valence-electron chi connectivity index (χ2n) is 3.86. The third-order valence-corrected chi connectivity index (χ3v) is 3.46. The average molecular weight is 346 g/mol. The molecule has 0 fully saturated rings. The molecular formula is C12H10BrClN2O3. The zero-order chi connectivity index (χ0) is 14.2. The van der Waals surface area contributed by atoms with Crippen LogP contribution >= 0.6 is 27.5 Å². The van der Waals surface area contributed by atoms with Crippen molar-refractivity contribution in [3.63, 3.8) is 0 Å². The van der Waals surface area contributed by atoms with Gasteiger partial charge >= 0.3 is 5.69 Å². The zero-order valence-corrected chi connectivity index (χ0v) is 12.5.